The van der Waals surface area contributed by atoms with Crippen LogP contribution >= 0.6 is 0 Å². The van der Waals surface area contributed by atoms with Crippen molar-refractivity contribution in [2.24, 2.45) is 17.6 Å². The molecule has 2 fully saturated rings. The Morgan fingerprint density at radius 3 is 2.76 bits per heavy atom. The maximum Gasteiger partial charge on any atom is 0.270 e. The number of carbonyl (C=O) groups is 2. The first-order chi connectivity index (χ1) is 10.1. The lowest BCUT2D eigenvalue weighted by molar-refractivity contribution is 0.0213. The van der Waals surface area contributed by atoms with E-state index in [1.165, 1.54) is 25.5 Å². The Labute approximate surface area is 124 Å². The Balaban J connectivity index is 1.81. The van der Waals surface area contributed by atoms with Gasteiger partial charge in [0.2, 0.25) is 5.91 Å². The van der Waals surface area contributed by atoms with E-state index >= 15 is 0 Å². The summed E-state index contributed by atoms with van der Waals surface area (Å²) >= 11 is 0. The topological polar surface area (TPSA) is 79.2 Å². The van der Waals surface area contributed by atoms with E-state index in [-0.39, 0.29) is 5.91 Å². The Hall–Kier alpha value is -1.78. The number of carbonyl (C=O) groups excluding carboxylic acids is 2. The third-order valence-corrected chi connectivity index (χ3v) is 5.20. The Bertz CT molecular complexity index is 551. The second-order valence-electron chi connectivity index (χ2n) is 6.45. The van der Waals surface area contributed by atoms with Crippen molar-refractivity contribution in [2.75, 3.05) is 6.54 Å². The number of piperidine rings is 1. The molecule has 114 valence electrons. The van der Waals surface area contributed by atoms with Crippen LogP contribution in [0.3, 0.4) is 0 Å². The van der Waals surface area contributed by atoms with Gasteiger partial charge in [-0.15, -0.1) is 0 Å². The van der Waals surface area contributed by atoms with Gasteiger partial charge in [-0.25, -0.2) is 0 Å². The van der Waals surface area contributed by atoms with Gasteiger partial charge in [0.15, 0.2) is 0 Å². The lowest BCUT2D eigenvalue weighted by atomic mass is 9.72. The van der Waals surface area contributed by atoms with Gasteiger partial charge < -0.3 is 15.6 Å². The molecular formula is C16H23N3O2. The van der Waals surface area contributed by atoms with Crippen molar-refractivity contribution in [3.8, 4) is 0 Å². The molecular weight excluding hydrogens is 266 g/mol. The average molecular weight is 289 g/mol. The predicted molar refractivity (Wildman–Crippen MR) is 79.9 cm³/mol. The van der Waals surface area contributed by atoms with Crippen molar-refractivity contribution in [1.29, 1.82) is 0 Å². The van der Waals surface area contributed by atoms with Crippen LogP contribution in [0, 0.1) is 11.8 Å². The molecule has 0 aromatic carbocycles. The highest BCUT2D eigenvalue weighted by Crippen LogP contribution is 2.39. The van der Waals surface area contributed by atoms with Gasteiger partial charge in [-0.05, 0) is 37.2 Å². The molecule has 5 nitrogen and oxygen atoms in total. The minimum Gasteiger partial charge on any atom is -0.366 e. The van der Waals surface area contributed by atoms with Gasteiger partial charge in [0.1, 0.15) is 5.69 Å². The standard InChI is InChI=1S/C16H23N3O2/c1-10-6-7-19(14-5-3-2-4-12(10)14)16(21)13-8-11(9-18-13)15(17)20/h8-10,12,14,18H,2-7H2,1H3,(H2,17,20)/t10-,12-,14+/m1/s1. The smallest absolute Gasteiger partial charge is 0.270 e. The number of H-pyrrole nitrogens is 1. The van der Waals surface area contributed by atoms with Gasteiger partial charge in [-0.1, -0.05) is 19.8 Å². The Morgan fingerprint density at radius 1 is 1.29 bits per heavy atom. The molecule has 5 heteroatoms. The van der Waals surface area contributed by atoms with Crippen LogP contribution in [-0.4, -0.2) is 34.3 Å². The summed E-state index contributed by atoms with van der Waals surface area (Å²) in [6.45, 7) is 3.12. The fourth-order valence-electron chi connectivity index (χ4n) is 3.98. The van der Waals surface area contributed by atoms with E-state index in [1.54, 1.807) is 6.07 Å². The molecule has 1 aromatic rings. The number of hydrogen-bond acceptors (Lipinski definition) is 2. The second-order valence-corrected chi connectivity index (χ2v) is 6.45. The fourth-order valence-corrected chi connectivity index (χ4v) is 3.98. The van der Waals surface area contributed by atoms with Crippen LogP contribution in [0.1, 0.15) is 59.9 Å². The number of likely N-dealkylation sites (tertiary alicyclic amines) is 1. The fraction of sp³-hybridized carbons (Fsp3) is 0.625. The molecule has 3 rings (SSSR count). The highest BCUT2D eigenvalue weighted by atomic mass is 16.2. The van der Waals surface area contributed by atoms with Crippen LogP contribution in [0.15, 0.2) is 12.3 Å². The molecule has 21 heavy (non-hydrogen) atoms. The van der Waals surface area contributed by atoms with Crippen LogP contribution < -0.4 is 5.73 Å². The number of primary amides is 1. The number of rotatable bonds is 2. The summed E-state index contributed by atoms with van der Waals surface area (Å²) in [5, 5.41) is 0. The quantitative estimate of drug-likeness (QED) is 0.875. The number of nitrogens with zero attached hydrogens (tertiary/aromatic N) is 1. The zero-order valence-electron chi connectivity index (χ0n) is 12.5. The monoisotopic (exact) mass is 289 g/mol. The minimum atomic E-state index is -0.506. The molecule has 0 spiro atoms. The molecule has 2 amide bonds. The number of nitrogens with two attached hydrogens (primary N) is 1. The molecule has 0 bridgehead atoms. The predicted octanol–water partition coefficient (Wildman–Crippen LogP) is 2.15. The third kappa shape index (κ3) is 2.57. The summed E-state index contributed by atoms with van der Waals surface area (Å²) in [6, 6.07) is 1.93. The molecule has 1 aromatic heterocycles. The minimum absolute atomic E-state index is 0.00583. The highest BCUT2D eigenvalue weighted by molar-refractivity contribution is 5.98. The summed E-state index contributed by atoms with van der Waals surface area (Å²) in [4.78, 5) is 28.8. The number of amides is 2. The van der Waals surface area contributed by atoms with E-state index < -0.39 is 5.91 Å². The van der Waals surface area contributed by atoms with Crippen molar-refractivity contribution < 1.29 is 9.59 Å². The normalized spacial score (nSPS) is 29.0. The van der Waals surface area contributed by atoms with Crippen LogP contribution in [0.4, 0.5) is 0 Å². The van der Waals surface area contributed by atoms with E-state index in [0.717, 1.165) is 19.4 Å². The molecule has 0 radical (unpaired) electrons. The first kappa shape index (κ1) is 14.2. The average Bonchev–Trinajstić information content (AvgIpc) is 2.97. The molecule has 0 unspecified atom stereocenters. The Kier molecular flexibility index (Phi) is 3.74. The van der Waals surface area contributed by atoms with Crippen molar-refractivity contribution in [3.63, 3.8) is 0 Å². The van der Waals surface area contributed by atoms with Crippen LogP contribution in [-0.2, 0) is 0 Å². The summed E-state index contributed by atoms with van der Waals surface area (Å²) in [6.07, 6.45) is 7.39. The molecule has 2 heterocycles. The van der Waals surface area contributed by atoms with Gasteiger partial charge in [0.25, 0.3) is 5.91 Å². The van der Waals surface area contributed by atoms with Crippen LogP contribution in [0.2, 0.25) is 0 Å². The van der Waals surface area contributed by atoms with Crippen LogP contribution in [0.5, 0.6) is 0 Å². The van der Waals surface area contributed by atoms with Gasteiger partial charge in [0.05, 0.1) is 5.56 Å². The molecule has 1 saturated carbocycles. The summed E-state index contributed by atoms with van der Waals surface area (Å²) in [7, 11) is 0. The van der Waals surface area contributed by atoms with Crippen molar-refractivity contribution in [1.82, 2.24) is 9.88 Å². The molecule has 3 N–H and O–H groups in total. The van der Waals surface area contributed by atoms with E-state index in [4.69, 9.17) is 5.73 Å². The maximum atomic E-state index is 12.7. The maximum absolute atomic E-state index is 12.7. The summed E-state index contributed by atoms with van der Waals surface area (Å²) in [5.74, 6) is 0.825. The SMILES string of the molecule is C[C@@H]1CCN(C(=O)c2cc(C(N)=O)c[nH]2)[C@H]2CCCC[C@H]12. The van der Waals surface area contributed by atoms with Crippen molar-refractivity contribution in [3.05, 3.63) is 23.5 Å². The lowest BCUT2D eigenvalue weighted by Gasteiger charge is -2.47. The molecule has 1 aliphatic carbocycles. The molecule has 1 saturated heterocycles. The number of aromatic nitrogens is 1. The zero-order valence-corrected chi connectivity index (χ0v) is 12.5. The van der Waals surface area contributed by atoms with Crippen molar-refractivity contribution in [2.45, 2.75) is 45.1 Å². The Morgan fingerprint density at radius 2 is 2.05 bits per heavy atom. The molecule has 3 atom stereocenters. The van der Waals surface area contributed by atoms with Gasteiger partial charge in [-0.2, -0.15) is 0 Å². The van der Waals surface area contributed by atoms with Gasteiger partial charge >= 0.3 is 0 Å². The van der Waals surface area contributed by atoms with E-state index in [2.05, 4.69) is 11.9 Å². The lowest BCUT2D eigenvalue weighted by Crippen LogP contribution is -2.52. The number of hydrogen-bond donors (Lipinski definition) is 2. The summed E-state index contributed by atoms with van der Waals surface area (Å²) in [5.41, 5.74) is 6.09. The highest BCUT2D eigenvalue weighted by Gasteiger charge is 2.39. The first-order valence-corrected chi connectivity index (χ1v) is 7.87. The van der Waals surface area contributed by atoms with Gasteiger partial charge in [-0.3, -0.25) is 9.59 Å². The van der Waals surface area contributed by atoms with Crippen LogP contribution in [0.25, 0.3) is 0 Å². The number of aromatic amines is 1. The first-order valence-electron chi connectivity index (χ1n) is 7.87. The molecule has 1 aliphatic heterocycles. The molecule has 2 aliphatic rings. The third-order valence-electron chi connectivity index (χ3n) is 5.20. The van der Waals surface area contributed by atoms with Crippen molar-refractivity contribution >= 4 is 11.8 Å². The number of fused-ring (bicyclic) bond motifs is 1. The largest absolute Gasteiger partial charge is 0.366 e. The van der Waals surface area contributed by atoms with E-state index in [1.807, 2.05) is 4.90 Å². The second kappa shape index (κ2) is 5.54. The zero-order chi connectivity index (χ0) is 15.0. The van der Waals surface area contributed by atoms with Gasteiger partial charge in [0, 0.05) is 18.8 Å². The van der Waals surface area contributed by atoms with E-state index in [0.29, 0.717) is 29.1 Å². The summed E-state index contributed by atoms with van der Waals surface area (Å²) < 4.78 is 0. The van der Waals surface area contributed by atoms with E-state index in [9.17, 15) is 9.59 Å². The number of nitrogens with one attached hydrogen (secondary N) is 1.